The van der Waals surface area contributed by atoms with Crippen LogP contribution in [0.3, 0.4) is 0 Å². The molecule has 2 aromatic heterocycles. The zero-order valence-electron chi connectivity index (χ0n) is 11.4. The molecule has 2 N–H and O–H groups in total. The van der Waals surface area contributed by atoms with Gasteiger partial charge in [0.15, 0.2) is 0 Å². The summed E-state index contributed by atoms with van der Waals surface area (Å²) in [6, 6.07) is 3.41. The fraction of sp³-hybridized carbons (Fsp3) is 0.214. The van der Waals surface area contributed by atoms with E-state index in [1.165, 1.54) is 17.4 Å². The van der Waals surface area contributed by atoms with E-state index in [4.69, 9.17) is 5.11 Å². The molecule has 7 heteroatoms. The quantitative estimate of drug-likeness (QED) is 0.793. The van der Waals surface area contributed by atoms with E-state index >= 15 is 0 Å². The highest BCUT2D eigenvalue weighted by atomic mass is 32.1. The van der Waals surface area contributed by atoms with Gasteiger partial charge in [0.25, 0.3) is 5.91 Å². The van der Waals surface area contributed by atoms with Crippen molar-refractivity contribution in [3.8, 4) is 0 Å². The fourth-order valence-corrected chi connectivity index (χ4v) is 2.55. The minimum absolute atomic E-state index is 0.154. The molecular weight excluding hydrogens is 290 g/mol. The summed E-state index contributed by atoms with van der Waals surface area (Å²) >= 11 is 1.25. The molecule has 110 valence electrons. The summed E-state index contributed by atoms with van der Waals surface area (Å²) in [5.41, 5.74) is 1.06. The number of hydrogen-bond donors (Lipinski definition) is 2. The molecule has 0 radical (unpaired) electrons. The van der Waals surface area contributed by atoms with Crippen LogP contribution in [-0.4, -0.2) is 33.3 Å². The van der Waals surface area contributed by atoms with Crippen molar-refractivity contribution < 1.29 is 14.7 Å². The fourth-order valence-electron chi connectivity index (χ4n) is 1.73. The summed E-state index contributed by atoms with van der Waals surface area (Å²) in [5, 5.41) is 15.4. The SMILES string of the molecule is Cn1cc(CCNC(=O)c2ccc(/C=C/C(=O)O)s2)cn1. The maximum atomic E-state index is 11.9. The number of amides is 1. The lowest BCUT2D eigenvalue weighted by atomic mass is 10.2. The van der Waals surface area contributed by atoms with Crippen molar-refractivity contribution in [1.29, 1.82) is 0 Å². The molecule has 0 aliphatic heterocycles. The Kier molecular flexibility index (Phi) is 4.89. The van der Waals surface area contributed by atoms with Crippen molar-refractivity contribution in [3.05, 3.63) is 45.9 Å². The molecule has 0 aliphatic rings. The first-order valence-corrected chi connectivity index (χ1v) is 7.13. The van der Waals surface area contributed by atoms with E-state index in [1.807, 2.05) is 13.2 Å². The molecule has 1 amide bonds. The van der Waals surface area contributed by atoms with Crippen LogP contribution in [0.2, 0.25) is 0 Å². The van der Waals surface area contributed by atoms with Gasteiger partial charge in [0, 0.05) is 30.7 Å². The van der Waals surface area contributed by atoms with E-state index < -0.39 is 5.97 Å². The number of carboxylic acids is 1. The molecular formula is C14H15N3O3S. The third kappa shape index (κ3) is 4.57. The second kappa shape index (κ2) is 6.85. The van der Waals surface area contributed by atoms with Gasteiger partial charge in [-0.3, -0.25) is 9.48 Å². The maximum Gasteiger partial charge on any atom is 0.328 e. The molecule has 2 rings (SSSR count). The molecule has 0 aliphatic carbocycles. The van der Waals surface area contributed by atoms with Crippen LogP contribution in [0.15, 0.2) is 30.6 Å². The predicted molar refractivity (Wildman–Crippen MR) is 80.2 cm³/mol. The number of carboxylic acid groups (broad SMARTS) is 1. The van der Waals surface area contributed by atoms with Crippen molar-refractivity contribution in [1.82, 2.24) is 15.1 Å². The average Bonchev–Trinajstić information content (AvgIpc) is 3.05. The molecule has 0 saturated heterocycles. The first kappa shape index (κ1) is 15.0. The predicted octanol–water partition coefficient (Wildman–Crippen LogP) is 1.55. The molecule has 0 spiro atoms. The Morgan fingerprint density at radius 2 is 2.29 bits per heavy atom. The lowest BCUT2D eigenvalue weighted by molar-refractivity contribution is -0.131. The number of nitrogens with zero attached hydrogens (tertiary/aromatic N) is 2. The third-order valence-electron chi connectivity index (χ3n) is 2.70. The summed E-state index contributed by atoms with van der Waals surface area (Å²) < 4.78 is 1.72. The number of aryl methyl sites for hydroxylation is 1. The summed E-state index contributed by atoms with van der Waals surface area (Å²) in [7, 11) is 1.85. The molecule has 2 heterocycles. The molecule has 0 bridgehead atoms. The van der Waals surface area contributed by atoms with Crippen LogP contribution in [0.5, 0.6) is 0 Å². The van der Waals surface area contributed by atoms with E-state index in [9.17, 15) is 9.59 Å². The maximum absolute atomic E-state index is 11.9. The van der Waals surface area contributed by atoms with Gasteiger partial charge < -0.3 is 10.4 Å². The molecule has 0 atom stereocenters. The molecule has 0 saturated carbocycles. The van der Waals surface area contributed by atoms with E-state index in [0.29, 0.717) is 11.4 Å². The Morgan fingerprint density at radius 1 is 1.48 bits per heavy atom. The Bertz CT molecular complexity index is 673. The van der Waals surface area contributed by atoms with Gasteiger partial charge in [-0.2, -0.15) is 5.10 Å². The third-order valence-corrected chi connectivity index (χ3v) is 3.75. The van der Waals surface area contributed by atoms with Crippen LogP contribution in [0.4, 0.5) is 0 Å². The van der Waals surface area contributed by atoms with E-state index in [-0.39, 0.29) is 5.91 Å². The Hall–Kier alpha value is -2.41. The smallest absolute Gasteiger partial charge is 0.328 e. The number of aliphatic carboxylic acids is 1. The van der Waals surface area contributed by atoms with Crippen LogP contribution in [0, 0.1) is 0 Å². The molecule has 0 fully saturated rings. The van der Waals surface area contributed by atoms with Gasteiger partial charge in [0.05, 0.1) is 11.1 Å². The molecule has 6 nitrogen and oxygen atoms in total. The monoisotopic (exact) mass is 305 g/mol. The minimum atomic E-state index is -1.01. The van der Waals surface area contributed by atoms with Crippen LogP contribution in [-0.2, 0) is 18.3 Å². The number of rotatable bonds is 6. The van der Waals surface area contributed by atoms with E-state index in [2.05, 4.69) is 10.4 Å². The zero-order chi connectivity index (χ0) is 15.2. The highest BCUT2D eigenvalue weighted by Gasteiger charge is 2.08. The number of carbonyl (C=O) groups is 2. The molecule has 0 aromatic carbocycles. The van der Waals surface area contributed by atoms with Gasteiger partial charge in [-0.15, -0.1) is 11.3 Å². The average molecular weight is 305 g/mol. The van der Waals surface area contributed by atoms with Crippen molar-refractivity contribution in [2.75, 3.05) is 6.54 Å². The van der Waals surface area contributed by atoms with Gasteiger partial charge in [-0.25, -0.2) is 4.79 Å². The topological polar surface area (TPSA) is 84.2 Å². The number of thiophene rings is 1. The van der Waals surface area contributed by atoms with E-state index in [1.54, 1.807) is 23.0 Å². The van der Waals surface area contributed by atoms with Crippen LogP contribution >= 0.6 is 11.3 Å². The van der Waals surface area contributed by atoms with Gasteiger partial charge >= 0.3 is 5.97 Å². The number of carbonyl (C=O) groups excluding carboxylic acids is 1. The molecule has 2 aromatic rings. The Balaban J connectivity index is 1.84. The summed E-state index contributed by atoms with van der Waals surface area (Å²) in [5.74, 6) is -1.16. The van der Waals surface area contributed by atoms with Crippen molar-refractivity contribution in [2.24, 2.45) is 7.05 Å². The number of nitrogens with one attached hydrogen (secondary N) is 1. The lowest BCUT2D eigenvalue weighted by Gasteiger charge is -2.01. The summed E-state index contributed by atoms with van der Waals surface area (Å²) in [6.07, 6.45) is 6.92. The van der Waals surface area contributed by atoms with Crippen molar-refractivity contribution >= 4 is 29.3 Å². The highest BCUT2D eigenvalue weighted by Crippen LogP contribution is 2.17. The zero-order valence-corrected chi connectivity index (χ0v) is 12.3. The minimum Gasteiger partial charge on any atom is -0.478 e. The molecule has 21 heavy (non-hydrogen) atoms. The summed E-state index contributed by atoms with van der Waals surface area (Å²) in [6.45, 7) is 0.530. The van der Waals surface area contributed by atoms with Crippen molar-refractivity contribution in [3.63, 3.8) is 0 Å². The highest BCUT2D eigenvalue weighted by molar-refractivity contribution is 7.14. The van der Waals surface area contributed by atoms with Crippen LogP contribution < -0.4 is 5.32 Å². The van der Waals surface area contributed by atoms with Crippen molar-refractivity contribution in [2.45, 2.75) is 6.42 Å². The van der Waals surface area contributed by atoms with Crippen LogP contribution in [0.25, 0.3) is 6.08 Å². The second-order valence-corrected chi connectivity index (χ2v) is 5.52. The number of aromatic nitrogens is 2. The Morgan fingerprint density at radius 3 is 2.95 bits per heavy atom. The van der Waals surface area contributed by atoms with Gasteiger partial charge in [0.2, 0.25) is 0 Å². The summed E-state index contributed by atoms with van der Waals surface area (Å²) in [4.78, 5) is 23.6. The van der Waals surface area contributed by atoms with E-state index in [0.717, 1.165) is 22.9 Å². The van der Waals surface area contributed by atoms with Crippen LogP contribution in [0.1, 0.15) is 20.1 Å². The van der Waals surface area contributed by atoms with Gasteiger partial charge in [-0.1, -0.05) is 0 Å². The largest absolute Gasteiger partial charge is 0.478 e. The lowest BCUT2D eigenvalue weighted by Crippen LogP contribution is -2.24. The Labute approximate surface area is 125 Å². The normalized spacial score (nSPS) is 10.9. The second-order valence-electron chi connectivity index (χ2n) is 4.40. The molecule has 0 unspecified atom stereocenters. The standard InChI is InChI=1S/C14H15N3O3S/c1-17-9-10(8-16-17)6-7-15-14(20)12-4-2-11(21-12)3-5-13(18)19/h2-5,8-9H,6-7H2,1H3,(H,15,20)(H,18,19)/b5-3+. The first-order chi connectivity index (χ1) is 10.0. The van der Waals surface area contributed by atoms with Gasteiger partial charge in [0.1, 0.15) is 0 Å². The number of hydrogen-bond acceptors (Lipinski definition) is 4. The first-order valence-electron chi connectivity index (χ1n) is 6.31. The van der Waals surface area contributed by atoms with Gasteiger partial charge in [-0.05, 0) is 30.2 Å².